The average Bonchev–Trinajstić information content (AvgIpc) is 2.98. The maximum absolute atomic E-state index is 13.1. The monoisotopic (exact) mass is 532 g/mol. The first-order chi connectivity index (χ1) is 19.5. The molecule has 40 heavy (non-hydrogen) atoms. The SMILES string of the molecule is CN(C(=O)NC(Cc1ccc(Oc2nccc3ccncc23)cc1)C(=O)O)c1ccccc1Cc1ccccc1. The van der Waals surface area contributed by atoms with Crippen LogP contribution in [0.3, 0.4) is 0 Å². The number of anilines is 1. The van der Waals surface area contributed by atoms with Crippen LogP contribution in [0.5, 0.6) is 11.6 Å². The molecule has 0 radical (unpaired) electrons. The van der Waals surface area contributed by atoms with Crippen LogP contribution in [-0.4, -0.2) is 40.2 Å². The molecule has 3 aromatic carbocycles. The van der Waals surface area contributed by atoms with Gasteiger partial charge in [-0.2, -0.15) is 0 Å². The van der Waals surface area contributed by atoms with Crippen LogP contribution >= 0.6 is 0 Å². The second-order valence-corrected chi connectivity index (χ2v) is 9.35. The molecule has 5 rings (SSSR count). The zero-order chi connectivity index (χ0) is 27.9. The summed E-state index contributed by atoms with van der Waals surface area (Å²) >= 11 is 0. The number of carboxylic acids is 1. The summed E-state index contributed by atoms with van der Waals surface area (Å²) in [5, 5.41) is 14.3. The van der Waals surface area contributed by atoms with E-state index in [1.165, 1.54) is 4.90 Å². The van der Waals surface area contributed by atoms with Crippen LogP contribution < -0.4 is 15.0 Å². The molecule has 0 saturated carbocycles. The minimum absolute atomic E-state index is 0.108. The van der Waals surface area contributed by atoms with Gasteiger partial charge in [-0.05, 0) is 58.8 Å². The Hall–Kier alpha value is -5.24. The fourth-order valence-electron chi connectivity index (χ4n) is 4.46. The highest BCUT2D eigenvalue weighted by Gasteiger charge is 2.24. The largest absolute Gasteiger partial charge is 0.480 e. The highest BCUT2D eigenvalue weighted by atomic mass is 16.5. The lowest BCUT2D eigenvalue weighted by Gasteiger charge is -2.24. The Labute approximate surface area is 231 Å². The van der Waals surface area contributed by atoms with Gasteiger partial charge in [0.05, 0.1) is 5.39 Å². The van der Waals surface area contributed by atoms with Crippen LogP contribution in [0.4, 0.5) is 10.5 Å². The van der Waals surface area contributed by atoms with Gasteiger partial charge in [0.1, 0.15) is 11.8 Å². The fraction of sp³-hybridized carbons (Fsp3) is 0.125. The molecule has 0 aliphatic rings. The average molecular weight is 533 g/mol. The summed E-state index contributed by atoms with van der Waals surface area (Å²) in [6.07, 6.45) is 5.83. The van der Waals surface area contributed by atoms with Gasteiger partial charge in [0.2, 0.25) is 5.88 Å². The summed E-state index contributed by atoms with van der Waals surface area (Å²) in [6.45, 7) is 0. The molecule has 2 amide bonds. The summed E-state index contributed by atoms with van der Waals surface area (Å²) in [6, 6.07) is 26.8. The molecule has 0 spiro atoms. The van der Waals surface area contributed by atoms with E-state index in [9.17, 15) is 14.7 Å². The molecule has 2 N–H and O–H groups in total. The van der Waals surface area contributed by atoms with Gasteiger partial charge in [0.25, 0.3) is 0 Å². The topological polar surface area (TPSA) is 105 Å². The van der Waals surface area contributed by atoms with E-state index < -0.39 is 18.0 Å². The minimum atomic E-state index is -1.12. The van der Waals surface area contributed by atoms with E-state index in [1.807, 2.05) is 66.7 Å². The lowest BCUT2D eigenvalue weighted by molar-refractivity contribution is -0.139. The van der Waals surface area contributed by atoms with Gasteiger partial charge in [-0.15, -0.1) is 0 Å². The van der Waals surface area contributed by atoms with Crippen molar-refractivity contribution in [3.8, 4) is 11.6 Å². The van der Waals surface area contributed by atoms with Crippen molar-refractivity contribution in [2.24, 2.45) is 0 Å². The number of nitrogens with zero attached hydrogens (tertiary/aromatic N) is 3. The van der Waals surface area contributed by atoms with E-state index in [0.29, 0.717) is 23.7 Å². The summed E-state index contributed by atoms with van der Waals surface area (Å²) in [4.78, 5) is 35.1. The third kappa shape index (κ3) is 6.24. The smallest absolute Gasteiger partial charge is 0.326 e. The zero-order valence-electron chi connectivity index (χ0n) is 21.9. The first-order valence-corrected chi connectivity index (χ1v) is 12.8. The second-order valence-electron chi connectivity index (χ2n) is 9.35. The fourth-order valence-corrected chi connectivity index (χ4v) is 4.46. The van der Waals surface area contributed by atoms with Gasteiger partial charge in [-0.3, -0.25) is 9.88 Å². The molecule has 8 nitrogen and oxygen atoms in total. The van der Waals surface area contributed by atoms with Crippen LogP contribution in [0.25, 0.3) is 10.8 Å². The molecular formula is C32H28N4O4. The molecule has 0 bridgehead atoms. The number of ether oxygens (including phenoxy) is 1. The van der Waals surface area contributed by atoms with Crippen LogP contribution in [0.15, 0.2) is 110 Å². The lowest BCUT2D eigenvalue weighted by Crippen LogP contribution is -2.48. The number of hydrogen-bond donors (Lipinski definition) is 2. The van der Waals surface area contributed by atoms with Crippen molar-refractivity contribution in [3.63, 3.8) is 0 Å². The van der Waals surface area contributed by atoms with E-state index >= 15 is 0 Å². The number of carbonyl (C=O) groups is 2. The van der Waals surface area contributed by atoms with Crippen LogP contribution in [0, 0.1) is 0 Å². The number of urea groups is 1. The van der Waals surface area contributed by atoms with Gasteiger partial charge < -0.3 is 15.2 Å². The van der Waals surface area contributed by atoms with Crippen LogP contribution in [-0.2, 0) is 17.6 Å². The quantitative estimate of drug-likeness (QED) is 0.247. The zero-order valence-corrected chi connectivity index (χ0v) is 21.9. The number of pyridine rings is 2. The molecule has 1 unspecified atom stereocenters. The highest BCUT2D eigenvalue weighted by Crippen LogP contribution is 2.27. The molecule has 5 aromatic rings. The van der Waals surface area contributed by atoms with E-state index in [2.05, 4.69) is 15.3 Å². The number of benzene rings is 3. The summed E-state index contributed by atoms with van der Waals surface area (Å²) < 4.78 is 5.95. The van der Waals surface area contributed by atoms with Gasteiger partial charge in [-0.25, -0.2) is 14.6 Å². The first-order valence-electron chi connectivity index (χ1n) is 12.8. The van der Waals surface area contributed by atoms with Crippen molar-refractivity contribution in [2.75, 3.05) is 11.9 Å². The third-order valence-corrected chi connectivity index (χ3v) is 6.60. The molecule has 8 heteroatoms. The van der Waals surface area contributed by atoms with E-state index in [4.69, 9.17) is 4.74 Å². The Morgan fingerprint density at radius 3 is 2.40 bits per heavy atom. The molecule has 2 aromatic heterocycles. The number of fused-ring (bicyclic) bond motifs is 1. The molecule has 0 aliphatic heterocycles. The number of para-hydroxylation sites is 1. The van der Waals surface area contributed by atoms with Crippen molar-refractivity contribution in [2.45, 2.75) is 18.9 Å². The maximum Gasteiger partial charge on any atom is 0.326 e. The standard InChI is InChI=1S/C32H28N4O4/c1-36(29-10-6-5-9-25(29)19-22-7-3-2-4-8-22)32(39)35-28(31(37)38)20-23-11-13-26(14-12-23)40-30-27-21-33-17-15-24(27)16-18-34-30/h2-18,21,28H,19-20H2,1H3,(H,35,39)(H,37,38). The molecule has 0 aliphatic carbocycles. The Morgan fingerprint density at radius 2 is 1.62 bits per heavy atom. The summed E-state index contributed by atoms with van der Waals surface area (Å²) in [5.74, 6) is -0.130. The van der Waals surface area contributed by atoms with Crippen LogP contribution in [0.2, 0.25) is 0 Å². The van der Waals surface area contributed by atoms with Crippen molar-refractivity contribution < 1.29 is 19.4 Å². The Kier molecular flexibility index (Phi) is 7.97. The number of aromatic nitrogens is 2. The normalized spacial score (nSPS) is 11.5. The number of amides is 2. The summed E-state index contributed by atoms with van der Waals surface area (Å²) in [5.41, 5.74) is 3.53. The molecular weight excluding hydrogens is 504 g/mol. The first kappa shape index (κ1) is 26.4. The van der Waals surface area contributed by atoms with E-state index in [1.54, 1.807) is 49.9 Å². The van der Waals surface area contributed by atoms with Gasteiger partial charge in [0, 0.05) is 37.7 Å². The van der Waals surface area contributed by atoms with Crippen molar-refractivity contribution >= 4 is 28.5 Å². The van der Waals surface area contributed by atoms with E-state index in [-0.39, 0.29) is 6.42 Å². The van der Waals surface area contributed by atoms with Crippen LogP contribution in [0.1, 0.15) is 16.7 Å². The predicted octanol–water partition coefficient (Wildman–Crippen LogP) is 5.85. The third-order valence-electron chi connectivity index (χ3n) is 6.60. The number of hydrogen-bond acceptors (Lipinski definition) is 5. The number of rotatable bonds is 9. The van der Waals surface area contributed by atoms with Gasteiger partial charge >= 0.3 is 12.0 Å². The Bertz CT molecular complexity index is 1620. The lowest BCUT2D eigenvalue weighted by atomic mass is 10.0. The highest BCUT2D eigenvalue weighted by molar-refractivity contribution is 5.94. The van der Waals surface area contributed by atoms with Crippen molar-refractivity contribution in [1.29, 1.82) is 0 Å². The maximum atomic E-state index is 13.1. The molecule has 1 atom stereocenters. The Balaban J connectivity index is 1.25. The number of nitrogens with one attached hydrogen (secondary N) is 1. The van der Waals surface area contributed by atoms with Gasteiger partial charge in [0.15, 0.2) is 0 Å². The molecule has 2 heterocycles. The minimum Gasteiger partial charge on any atom is -0.480 e. The number of carbonyl (C=O) groups excluding carboxylic acids is 1. The predicted molar refractivity (Wildman–Crippen MR) is 154 cm³/mol. The number of aliphatic carboxylic acids is 1. The molecule has 0 fully saturated rings. The van der Waals surface area contributed by atoms with Crippen molar-refractivity contribution in [1.82, 2.24) is 15.3 Å². The van der Waals surface area contributed by atoms with E-state index in [0.717, 1.165) is 27.5 Å². The number of carboxylic acid groups (broad SMARTS) is 1. The Morgan fingerprint density at radius 1 is 0.900 bits per heavy atom. The molecule has 200 valence electrons. The molecule has 0 saturated heterocycles. The van der Waals surface area contributed by atoms with Crippen molar-refractivity contribution in [3.05, 3.63) is 126 Å². The van der Waals surface area contributed by atoms with Gasteiger partial charge in [-0.1, -0.05) is 60.7 Å². The summed E-state index contributed by atoms with van der Waals surface area (Å²) in [7, 11) is 1.64. The second kappa shape index (κ2) is 12.1.